The van der Waals surface area contributed by atoms with Crippen LogP contribution in [0.1, 0.15) is 16.7 Å². The molecule has 0 fully saturated rings. The fourth-order valence-electron chi connectivity index (χ4n) is 1.93. The molecular weight excluding hydrogens is 291 g/mol. The van der Waals surface area contributed by atoms with E-state index in [-0.39, 0.29) is 17.1 Å². The smallest absolute Gasteiger partial charge is 0.262 e. The summed E-state index contributed by atoms with van der Waals surface area (Å²) in [6.45, 7) is 3.56. The summed E-state index contributed by atoms with van der Waals surface area (Å²) in [5.74, 6) is -0.456. The summed E-state index contributed by atoms with van der Waals surface area (Å²) in [4.78, 5) is 0.145. The molecule has 0 unspecified atom stereocenters. The molecule has 21 heavy (non-hydrogen) atoms. The minimum absolute atomic E-state index is 0.145. The van der Waals surface area contributed by atoms with Gasteiger partial charge in [0.1, 0.15) is 5.82 Å². The zero-order valence-corrected chi connectivity index (χ0v) is 12.7. The van der Waals surface area contributed by atoms with Gasteiger partial charge in [-0.3, -0.25) is 4.72 Å². The first-order valence-corrected chi connectivity index (χ1v) is 7.90. The average molecular weight is 308 g/mol. The largest absolute Gasteiger partial charge is 0.326 e. The summed E-state index contributed by atoms with van der Waals surface area (Å²) in [6, 6.07) is 9.22. The number of anilines is 1. The lowest BCUT2D eigenvalue weighted by atomic mass is 10.1. The first-order valence-electron chi connectivity index (χ1n) is 6.42. The fraction of sp³-hybridized carbons (Fsp3) is 0.200. The van der Waals surface area contributed by atoms with Gasteiger partial charge in [-0.05, 0) is 48.7 Å². The Balaban J connectivity index is 2.40. The van der Waals surface area contributed by atoms with Gasteiger partial charge in [-0.25, -0.2) is 12.8 Å². The van der Waals surface area contributed by atoms with E-state index in [0.717, 1.165) is 11.6 Å². The Kier molecular flexibility index (Phi) is 4.29. The van der Waals surface area contributed by atoms with Crippen LogP contribution in [-0.4, -0.2) is 8.42 Å². The number of hydrogen-bond acceptors (Lipinski definition) is 3. The van der Waals surface area contributed by atoms with E-state index in [9.17, 15) is 12.8 Å². The molecule has 0 aliphatic carbocycles. The van der Waals surface area contributed by atoms with E-state index < -0.39 is 15.8 Å². The Bertz CT molecular complexity index is 773. The highest BCUT2D eigenvalue weighted by Gasteiger charge is 2.17. The minimum Gasteiger partial charge on any atom is -0.326 e. The molecule has 6 heteroatoms. The van der Waals surface area contributed by atoms with Crippen LogP contribution in [0, 0.1) is 19.7 Å². The zero-order chi connectivity index (χ0) is 15.6. The van der Waals surface area contributed by atoms with Crippen LogP contribution < -0.4 is 10.5 Å². The summed E-state index contributed by atoms with van der Waals surface area (Å²) in [5.41, 5.74) is 7.51. The second kappa shape index (κ2) is 5.83. The fourth-order valence-corrected chi connectivity index (χ4v) is 3.27. The number of aryl methyl sites for hydroxylation is 2. The van der Waals surface area contributed by atoms with Gasteiger partial charge in [0, 0.05) is 6.54 Å². The van der Waals surface area contributed by atoms with Gasteiger partial charge in [0.05, 0.1) is 10.6 Å². The van der Waals surface area contributed by atoms with Crippen LogP contribution in [0.5, 0.6) is 0 Å². The van der Waals surface area contributed by atoms with Crippen molar-refractivity contribution in [1.29, 1.82) is 0 Å². The van der Waals surface area contributed by atoms with Crippen molar-refractivity contribution in [2.75, 3.05) is 4.72 Å². The summed E-state index contributed by atoms with van der Waals surface area (Å²) in [6.07, 6.45) is 0. The van der Waals surface area contributed by atoms with E-state index in [1.807, 2.05) is 0 Å². The van der Waals surface area contributed by atoms with Gasteiger partial charge in [-0.15, -0.1) is 0 Å². The van der Waals surface area contributed by atoms with E-state index in [2.05, 4.69) is 4.72 Å². The van der Waals surface area contributed by atoms with Gasteiger partial charge in [0.15, 0.2) is 0 Å². The normalized spacial score (nSPS) is 11.4. The highest BCUT2D eigenvalue weighted by atomic mass is 32.2. The quantitative estimate of drug-likeness (QED) is 0.912. The Morgan fingerprint density at radius 1 is 1.10 bits per heavy atom. The van der Waals surface area contributed by atoms with Crippen LogP contribution in [-0.2, 0) is 16.6 Å². The lowest BCUT2D eigenvalue weighted by Gasteiger charge is -2.12. The third-order valence-electron chi connectivity index (χ3n) is 3.20. The minimum atomic E-state index is -3.78. The van der Waals surface area contributed by atoms with Crippen LogP contribution in [0.4, 0.5) is 10.1 Å². The van der Waals surface area contributed by atoms with Crippen molar-refractivity contribution in [1.82, 2.24) is 0 Å². The summed E-state index contributed by atoms with van der Waals surface area (Å²) in [5, 5.41) is 0. The van der Waals surface area contributed by atoms with E-state index in [0.29, 0.717) is 11.1 Å². The van der Waals surface area contributed by atoms with Crippen LogP contribution in [0.2, 0.25) is 0 Å². The number of nitrogens with two attached hydrogens (primary N) is 1. The third-order valence-corrected chi connectivity index (χ3v) is 4.73. The molecule has 2 rings (SSSR count). The van der Waals surface area contributed by atoms with Crippen molar-refractivity contribution in [2.45, 2.75) is 25.3 Å². The maximum Gasteiger partial charge on any atom is 0.262 e. The molecule has 0 aliphatic rings. The van der Waals surface area contributed by atoms with Crippen molar-refractivity contribution in [3.05, 3.63) is 58.9 Å². The number of rotatable bonds is 4. The molecule has 112 valence electrons. The summed E-state index contributed by atoms with van der Waals surface area (Å²) < 4.78 is 40.7. The second-order valence-electron chi connectivity index (χ2n) is 4.87. The molecule has 0 saturated carbocycles. The molecule has 2 aromatic rings. The Morgan fingerprint density at radius 2 is 1.76 bits per heavy atom. The molecule has 0 saturated heterocycles. The summed E-state index contributed by atoms with van der Waals surface area (Å²) in [7, 11) is -3.78. The number of hydrogen-bond donors (Lipinski definition) is 2. The third kappa shape index (κ3) is 3.40. The van der Waals surface area contributed by atoms with Crippen LogP contribution >= 0.6 is 0 Å². The van der Waals surface area contributed by atoms with Crippen molar-refractivity contribution in [3.8, 4) is 0 Å². The molecule has 3 N–H and O–H groups in total. The highest BCUT2D eigenvalue weighted by Crippen LogP contribution is 2.22. The van der Waals surface area contributed by atoms with Gasteiger partial charge < -0.3 is 5.73 Å². The van der Waals surface area contributed by atoms with E-state index >= 15 is 0 Å². The molecule has 0 aliphatic heterocycles. The topological polar surface area (TPSA) is 72.2 Å². The molecule has 0 heterocycles. The molecule has 2 aromatic carbocycles. The number of nitrogens with one attached hydrogen (secondary N) is 1. The first kappa shape index (κ1) is 15.5. The standard InChI is InChI=1S/C15H17FN2O2S/c1-10-4-6-13(8-14(10)16)18-21(19,20)15-7-12(9-17)5-3-11(15)2/h3-8,18H,9,17H2,1-2H3. The number of sulfonamides is 1. The molecule has 0 amide bonds. The SMILES string of the molecule is Cc1ccc(NS(=O)(=O)c2cc(CN)ccc2C)cc1F. The molecule has 4 nitrogen and oxygen atoms in total. The first-order chi connectivity index (χ1) is 9.83. The van der Waals surface area contributed by atoms with Crippen molar-refractivity contribution in [2.24, 2.45) is 5.73 Å². The van der Waals surface area contributed by atoms with E-state index in [1.165, 1.54) is 18.2 Å². The van der Waals surface area contributed by atoms with Crippen molar-refractivity contribution < 1.29 is 12.8 Å². The van der Waals surface area contributed by atoms with Gasteiger partial charge in [-0.2, -0.15) is 0 Å². The monoisotopic (exact) mass is 308 g/mol. The Morgan fingerprint density at radius 3 is 2.38 bits per heavy atom. The predicted octanol–water partition coefficient (Wildman–Crippen LogP) is 2.70. The van der Waals surface area contributed by atoms with Crippen LogP contribution in [0.15, 0.2) is 41.3 Å². The molecule has 0 radical (unpaired) electrons. The number of benzene rings is 2. The highest BCUT2D eigenvalue weighted by molar-refractivity contribution is 7.92. The number of halogens is 1. The second-order valence-corrected chi connectivity index (χ2v) is 6.52. The van der Waals surface area contributed by atoms with Gasteiger partial charge >= 0.3 is 0 Å². The molecular formula is C15H17FN2O2S. The molecule has 0 atom stereocenters. The van der Waals surface area contributed by atoms with Crippen LogP contribution in [0.25, 0.3) is 0 Å². The Labute approximate surface area is 123 Å². The summed E-state index contributed by atoms with van der Waals surface area (Å²) >= 11 is 0. The molecule has 0 spiro atoms. The van der Waals surface area contributed by atoms with Crippen LogP contribution in [0.3, 0.4) is 0 Å². The van der Waals surface area contributed by atoms with Crippen molar-refractivity contribution >= 4 is 15.7 Å². The van der Waals surface area contributed by atoms with E-state index in [1.54, 1.807) is 26.0 Å². The lowest BCUT2D eigenvalue weighted by Crippen LogP contribution is -2.15. The molecule has 0 bridgehead atoms. The van der Waals surface area contributed by atoms with Gasteiger partial charge in [0.2, 0.25) is 0 Å². The van der Waals surface area contributed by atoms with Gasteiger partial charge in [0.25, 0.3) is 10.0 Å². The predicted molar refractivity (Wildman–Crippen MR) is 81.0 cm³/mol. The molecule has 0 aromatic heterocycles. The maximum absolute atomic E-state index is 13.5. The average Bonchev–Trinajstić information content (AvgIpc) is 2.43. The Hall–Kier alpha value is -1.92. The lowest BCUT2D eigenvalue weighted by molar-refractivity contribution is 0.600. The van der Waals surface area contributed by atoms with E-state index in [4.69, 9.17) is 5.73 Å². The van der Waals surface area contributed by atoms with Gasteiger partial charge in [-0.1, -0.05) is 18.2 Å². The zero-order valence-electron chi connectivity index (χ0n) is 11.9. The van der Waals surface area contributed by atoms with Crippen molar-refractivity contribution in [3.63, 3.8) is 0 Å². The maximum atomic E-state index is 13.5.